The van der Waals surface area contributed by atoms with Crippen LogP contribution in [-0.2, 0) is 0 Å². The maximum absolute atomic E-state index is 2.45. The molecule has 0 radical (unpaired) electrons. The van der Waals surface area contributed by atoms with E-state index in [-0.39, 0.29) is 0 Å². The van der Waals surface area contributed by atoms with Crippen LogP contribution in [0.15, 0.2) is 224 Å². The Morgan fingerprint density at radius 2 is 0.545 bits per heavy atom. The fourth-order valence-electron chi connectivity index (χ4n) is 8.30. The minimum absolute atomic E-state index is 1.10. The smallest absolute Gasteiger partial charge is 0.0618 e. The Balaban J connectivity index is 1.23. The molecule has 0 N–H and O–H groups in total. The lowest BCUT2D eigenvalue weighted by Crippen LogP contribution is -2.11. The minimum Gasteiger partial charge on any atom is -0.309 e. The second-order valence-corrected chi connectivity index (χ2v) is 14.0. The van der Waals surface area contributed by atoms with Crippen molar-refractivity contribution in [2.45, 2.75) is 0 Å². The van der Waals surface area contributed by atoms with Crippen LogP contribution in [-0.4, -0.2) is 0 Å². The van der Waals surface area contributed by atoms with Crippen molar-refractivity contribution < 1.29 is 0 Å². The minimum atomic E-state index is 1.10. The highest BCUT2D eigenvalue weighted by atomic mass is 15.1. The van der Waals surface area contributed by atoms with Gasteiger partial charge in [0.1, 0.15) is 0 Å². The van der Waals surface area contributed by atoms with Gasteiger partial charge in [-0.3, -0.25) is 0 Å². The normalized spacial score (nSPS) is 11.3. The third kappa shape index (κ3) is 5.84. The SMILES string of the molecule is c1ccc(-c2ccc(N(c3ccc(-c4ccccc4)cc3)c3c4ccccc4c(-c4ccc(-c5ccccc5)c5ccccc45)c4ccccc34)cc2)cc1. The fourth-order valence-corrected chi connectivity index (χ4v) is 8.30. The predicted molar refractivity (Wildman–Crippen MR) is 235 cm³/mol. The van der Waals surface area contributed by atoms with Crippen molar-refractivity contribution in [2.75, 3.05) is 4.90 Å². The second-order valence-electron chi connectivity index (χ2n) is 14.0. The van der Waals surface area contributed by atoms with Gasteiger partial charge in [0, 0.05) is 22.1 Å². The summed E-state index contributed by atoms with van der Waals surface area (Å²) in [4.78, 5) is 2.45. The highest BCUT2D eigenvalue weighted by Crippen LogP contribution is 2.50. The number of benzene rings is 10. The number of rotatable bonds is 7. The van der Waals surface area contributed by atoms with Crippen LogP contribution in [0, 0.1) is 0 Å². The summed E-state index contributed by atoms with van der Waals surface area (Å²) < 4.78 is 0. The molecule has 0 spiro atoms. The van der Waals surface area contributed by atoms with Gasteiger partial charge in [0.05, 0.1) is 5.69 Å². The molecule has 55 heavy (non-hydrogen) atoms. The summed E-state index contributed by atoms with van der Waals surface area (Å²) in [5.74, 6) is 0. The zero-order valence-electron chi connectivity index (χ0n) is 30.3. The van der Waals surface area contributed by atoms with Crippen LogP contribution in [0.1, 0.15) is 0 Å². The van der Waals surface area contributed by atoms with Crippen LogP contribution < -0.4 is 4.90 Å². The molecule has 0 aliphatic heterocycles. The van der Waals surface area contributed by atoms with Crippen molar-refractivity contribution in [3.05, 3.63) is 224 Å². The largest absolute Gasteiger partial charge is 0.309 e. The van der Waals surface area contributed by atoms with E-state index in [0.29, 0.717) is 0 Å². The molecule has 0 amide bonds. The molecule has 0 aliphatic rings. The van der Waals surface area contributed by atoms with Crippen molar-refractivity contribution in [1.29, 1.82) is 0 Å². The van der Waals surface area contributed by atoms with Crippen LogP contribution in [0.2, 0.25) is 0 Å². The van der Waals surface area contributed by atoms with Crippen LogP contribution in [0.3, 0.4) is 0 Å². The van der Waals surface area contributed by atoms with Gasteiger partial charge in [-0.15, -0.1) is 0 Å². The van der Waals surface area contributed by atoms with Gasteiger partial charge >= 0.3 is 0 Å². The zero-order valence-corrected chi connectivity index (χ0v) is 30.3. The molecule has 0 heterocycles. The lowest BCUT2D eigenvalue weighted by molar-refractivity contribution is 1.31. The number of anilines is 3. The fraction of sp³-hybridized carbons (Fsp3) is 0. The van der Waals surface area contributed by atoms with Crippen molar-refractivity contribution in [1.82, 2.24) is 0 Å². The molecular formula is C54H37N. The number of fused-ring (bicyclic) bond motifs is 3. The molecule has 10 aromatic rings. The first-order chi connectivity index (χ1) is 27.3. The molecule has 0 aliphatic carbocycles. The van der Waals surface area contributed by atoms with Crippen molar-refractivity contribution in [3.63, 3.8) is 0 Å². The average Bonchev–Trinajstić information content (AvgIpc) is 3.27. The maximum atomic E-state index is 2.45. The van der Waals surface area contributed by atoms with Gasteiger partial charge in [-0.1, -0.05) is 200 Å². The Morgan fingerprint density at radius 3 is 1.00 bits per heavy atom. The van der Waals surface area contributed by atoms with Gasteiger partial charge in [-0.05, 0) is 90.3 Å². The Hall–Kier alpha value is -7.22. The molecule has 0 unspecified atom stereocenters. The van der Waals surface area contributed by atoms with E-state index in [1.165, 1.54) is 82.5 Å². The zero-order chi connectivity index (χ0) is 36.6. The van der Waals surface area contributed by atoms with Crippen LogP contribution in [0.4, 0.5) is 17.1 Å². The summed E-state index contributed by atoms with van der Waals surface area (Å²) in [6.07, 6.45) is 0. The number of hydrogen-bond donors (Lipinski definition) is 0. The molecule has 0 fully saturated rings. The molecule has 0 aromatic heterocycles. The highest BCUT2D eigenvalue weighted by molar-refractivity contribution is 6.25. The van der Waals surface area contributed by atoms with E-state index in [1.807, 2.05) is 0 Å². The lowest BCUT2D eigenvalue weighted by Gasteiger charge is -2.30. The van der Waals surface area contributed by atoms with E-state index in [4.69, 9.17) is 0 Å². The lowest BCUT2D eigenvalue weighted by atomic mass is 9.86. The Bertz CT molecular complexity index is 2790. The van der Waals surface area contributed by atoms with E-state index in [0.717, 1.165) is 11.4 Å². The van der Waals surface area contributed by atoms with E-state index in [1.54, 1.807) is 0 Å². The van der Waals surface area contributed by atoms with Crippen molar-refractivity contribution in [3.8, 4) is 44.5 Å². The van der Waals surface area contributed by atoms with Crippen LogP contribution >= 0.6 is 0 Å². The Morgan fingerprint density at radius 1 is 0.218 bits per heavy atom. The molecule has 0 saturated carbocycles. The van der Waals surface area contributed by atoms with Crippen LogP contribution in [0.5, 0.6) is 0 Å². The second kappa shape index (κ2) is 14.0. The van der Waals surface area contributed by atoms with E-state index >= 15 is 0 Å². The maximum Gasteiger partial charge on any atom is 0.0618 e. The number of hydrogen-bond acceptors (Lipinski definition) is 1. The first-order valence-corrected chi connectivity index (χ1v) is 18.9. The highest BCUT2D eigenvalue weighted by Gasteiger charge is 2.23. The topological polar surface area (TPSA) is 3.24 Å². The molecule has 1 nitrogen and oxygen atoms in total. The molecule has 10 aromatic carbocycles. The Labute approximate surface area is 322 Å². The first-order valence-electron chi connectivity index (χ1n) is 18.9. The summed E-state index contributed by atoms with van der Waals surface area (Å²) in [6, 6.07) is 81.4. The standard InChI is InChI=1S/C54H37N/c1-4-16-38(17-5-1)40-28-32-43(33-29-40)55(44-34-30-41(31-35-44)39-18-6-2-7-19-39)54-51-26-14-12-24-48(51)53(49-25-13-15-27-52(49)54)50-37-36-45(42-20-8-3-9-21-42)46-22-10-11-23-47(46)50/h1-37H. The average molecular weight is 700 g/mol. The molecule has 1 heteroatoms. The van der Waals surface area contributed by atoms with Crippen molar-refractivity contribution >= 4 is 49.4 Å². The molecule has 0 bridgehead atoms. The quantitative estimate of drug-likeness (QED) is 0.150. The van der Waals surface area contributed by atoms with Crippen molar-refractivity contribution in [2.24, 2.45) is 0 Å². The predicted octanol–water partition coefficient (Wildman–Crippen LogP) is 15.3. The number of nitrogens with zero attached hydrogens (tertiary/aromatic N) is 1. The summed E-state index contributed by atoms with van der Waals surface area (Å²) in [5, 5.41) is 7.35. The monoisotopic (exact) mass is 699 g/mol. The van der Waals surface area contributed by atoms with E-state index in [9.17, 15) is 0 Å². The summed E-state index contributed by atoms with van der Waals surface area (Å²) in [7, 11) is 0. The van der Waals surface area contributed by atoms with Gasteiger partial charge in [0.25, 0.3) is 0 Å². The van der Waals surface area contributed by atoms with Gasteiger partial charge < -0.3 is 4.90 Å². The molecule has 258 valence electrons. The van der Waals surface area contributed by atoms with Gasteiger partial charge in [0.2, 0.25) is 0 Å². The molecule has 10 rings (SSSR count). The van der Waals surface area contributed by atoms with Gasteiger partial charge in [-0.25, -0.2) is 0 Å². The van der Waals surface area contributed by atoms with Gasteiger partial charge in [-0.2, -0.15) is 0 Å². The Kier molecular flexibility index (Phi) is 8.24. The van der Waals surface area contributed by atoms with E-state index in [2.05, 4.69) is 229 Å². The summed E-state index contributed by atoms with van der Waals surface area (Å²) >= 11 is 0. The summed E-state index contributed by atoms with van der Waals surface area (Å²) in [6.45, 7) is 0. The first kappa shape index (κ1) is 32.4. The molecule has 0 saturated heterocycles. The van der Waals surface area contributed by atoms with Crippen LogP contribution in [0.25, 0.3) is 76.8 Å². The molecular weight excluding hydrogens is 663 g/mol. The summed E-state index contributed by atoms with van der Waals surface area (Å²) in [5.41, 5.74) is 13.1. The third-order valence-corrected chi connectivity index (χ3v) is 10.9. The van der Waals surface area contributed by atoms with Gasteiger partial charge in [0.15, 0.2) is 0 Å². The molecule has 0 atom stereocenters. The van der Waals surface area contributed by atoms with E-state index < -0.39 is 0 Å². The third-order valence-electron chi connectivity index (χ3n) is 10.9.